The Bertz CT molecular complexity index is 676. The Labute approximate surface area is 156 Å². The van der Waals surface area contributed by atoms with E-state index in [4.69, 9.17) is 4.42 Å². The zero-order chi connectivity index (χ0) is 17.8. The van der Waals surface area contributed by atoms with E-state index in [1.807, 2.05) is 6.92 Å². The largest absolute Gasteiger partial charge is 0.465 e. The molecule has 0 bridgehead atoms. The molecule has 4 nitrogen and oxygen atoms in total. The summed E-state index contributed by atoms with van der Waals surface area (Å²) in [7, 11) is 0. The molecule has 0 aliphatic carbocycles. The number of piperidine rings is 1. The molecule has 26 heavy (non-hydrogen) atoms. The van der Waals surface area contributed by atoms with Gasteiger partial charge in [-0.3, -0.25) is 15.8 Å². The number of benzene rings is 1. The third kappa shape index (κ3) is 4.37. The van der Waals surface area contributed by atoms with Crippen molar-refractivity contribution in [1.82, 2.24) is 15.8 Å². The second-order valence-electron chi connectivity index (χ2n) is 7.96. The van der Waals surface area contributed by atoms with Gasteiger partial charge in [-0.1, -0.05) is 30.3 Å². The van der Waals surface area contributed by atoms with Gasteiger partial charge in [-0.25, -0.2) is 0 Å². The van der Waals surface area contributed by atoms with Crippen molar-refractivity contribution >= 4 is 0 Å². The number of likely N-dealkylation sites (tertiary alicyclic amines) is 1. The Balaban J connectivity index is 1.26. The van der Waals surface area contributed by atoms with Crippen LogP contribution < -0.4 is 10.9 Å². The monoisotopic (exact) mass is 353 g/mol. The summed E-state index contributed by atoms with van der Waals surface area (Å²) in [5, 5.41) is 0. The smallest absolute Gasteiger partial charge is 0.118 e. The van der Waals surface area contributed by atoms with E-state index in [9.17, 15) is 0 Å². The number of nitrogens with zero attached hydrogens (tertiary/aromatic N) is 1. The zero-order valence-corrected chi connectivity index (χ0v) is 15.8. The predicted octanol–water partition coefficient (Wildman–Crippen LogP) is 3.53. The first-order chi connectivity index (χ1) is 12.8. The number of aryl methyl sites for hydroxylation is 2. The standard InChI is InChI=1S/C22H31N3O/c1-17-7-10-21(26-17)16-25-13-11-19(12-14-25)22-20(15-23-24-22)9-8-18-5-3-2-4-6-18/h2-7,10,19-20,22-24H,8-9,11-16H2,1H3. The quantitative estimate of drug-likeness (QED) is 0.834. The van der Waals surface area contributed by atoms with Gasteiger partial charge in [-0.2, -0.15) is 0 Å². The molecule has 2 unspecified atom stereocenters. The fraction of sp³-hybridized carbons (Fsp3) is 0.545. The third-order valence-corrected chi connectivity index (χ3v) is 6.10. The Morgan fingerprint density at radius 2 is 1.88 bits per heavy atom. The average Bonchev–Trinajstić information content (AvgIpc) is 3.30. The van der Waals surface area contributed by atoms with E-state index >= 15 is 0 Å². The van der Waals surface area contributed by atoms with Crippen LogP contribution in [0.4, 0.5) is 0 Å². The topological polar surface area (TPSA) is 40.4 Å². The Hall–Kier alpha value is -1.62. The number of hydrogen-bond donors (Lipinski definition) is 2. The molecule has 2 atom stereocenters. The molecule has 1 aromatic heterocycles. The van der Waals surface area contributed by atoms with Crippen molar-refractivity contribution in [2.75, 3.05) is 19.6 Å². The van der Waals surface area contributed by atoms with Crippen LogP contribution in [-0.2, 0) is 13.0 Å². The Kier molecular flexibility index (Phi) is 5.73. The minimum atomic E-state index is 0.617. The molecule has 0 radical (unpaired) electrons. The first-order valence-electron chi connectivity index (χ1n) is 10.1. The zero-order valence-electron chi connectivity index (χ0n) is 15.8. The fourth-order valence-electron chi connectivity index (χ4n) is 4.59. The van der Waals surface area contributed by atoms with Gasteiger partial charge in [0.1, 0.15) is 11.5 Å². The SMILES string of the molecule is Cc1ccc(CN2CCC(C3NNCC3CCc3ccccc3)CC2)o1. The lowest BCUT2D eigenvalue weighted by Gasteiger charge is -2.36. The van der Waals surface area contributed by atoms with Crippen LogP contribution in [0.2, 0.25) is 0 Å². The van der Waals surface area contributed by atoms with Gasteiger partial charge >= 0.3 is 0 Å². The summed E-state index contributed by atoms with van der Waals surface area (Å²) in [5.74, 6) is 3.62. The van der Waals surface area contributed by atoms with Crippen LogP contribution in [0.3, 0.4) is 0 Å². The molecule has 140 valence electrons. The van der Waals surface area contributed by atoms with Crippen LogP contribution in [-0.4, -0.2) is 30.6 Å². The van der Waals surface area contributed by atoms with Gasteiger partial charge in [0.05, 0.1) is 6.54 Å². The molecule has 0 amide bonds. The summed E-state index contributed by atoms with van der Waals surface area (Å²) in [6.45, 7) is 6.42. The van der Waals surface area contributed by atoms with E-state index in [-0.39, 0.29) is 0 Å². The number of furan rings is 1. The number of nitrogens with one attached hydrogen (secondary N) is 2. The van der Waals surface area contributed by atoms with Crippen molar-refractivity contribution < 1.29 is 4.42 Å². The number of hydrogen-bond acceptors (Lipinski definition) is 4. The maximum Gasteiger partial charge on any atom is 0.118 e. The van der Waals surface area contributed by atoms with Gasteiger partial charge in [-0.05, 0) is 75.2 Å². The van der Waals surface area contributed by atoms with Gasteiger partial charge in [0.25, 0.3) is 0 Å². The molecular formula is C22H31N3O. The second-order valence-corrected chi connectivity index (χ2v) is 7.96. The highest BCUT2D eigenvalue weighted by molar-refractivity contribution is 5.15. The summed E-state index contributed by atoms with van der Waals surface area (Å²) in [6, 6.07) is 15.7. The van der Waals surface area contributed by atoms with Gasteiger partial charge in [0, 0.05) is 12.6 Å². The molecule has 2 fully saturated rings. The highest BCUT2D eigenvalue weighted by atomic mass is 16.3. The highest BCUT2D eigenvalue weighted by Crippen LogP contribution is 2.29. The fourth-order valence-corrected chi connectivity index (χ4v) is 4.59. The summed E-state index contributed by atoms with van der Waals surface area (Å²) < 4.78 is 5.74. The maximum atomic E-state index is 5.74. The molecule has 4 heteroatoms. The molecule has 2 saturated heterocycles. The molecule has 4 rings (SSSR count). The molecule has 2 aliphatic rings. The van der Waals surface area contributed by atoms with Crippen LogP contribution in [0.1, 0.15) is 36.3 Å². The van der Waals surface area contributed by atoms with E-state index in [1.165, 1.54) is 44.3 Å². The van der Waals surface area contributed by atoms with Crippen LogP contribution in [0.5, 0.6) is 0 Å². The third-order valence-electron chi connectivity index (χ3n) is 6.10. The summed E-state index contributed by atoms with van der Waals surface area (Å²) in [4.78, 5) is 2.54. The summed E-state index contributed by atoms with van der Waals surface area (Å²) >= 11 is 0. The molecule has 3 heterocycles. The van der Waals surface area contributed by atoms with E-state index in [1.54, 1.807) is 0 Å². The molecule has 2 N–H and O–H groups in total. The van der Waals surface area contributed by atoms with E-state index in [0.29, 0.717) is 6.04 Å². The average molecular weight is 354 g/mol. The van der Waals surface area contributed by atoms with Crippen molar-refractivity contribution in [3.8, 4) is 0 Å². The van der Waals surface area contributed by atoms with Gasteiger partial charge < -0.3 is 4.42 Å². The lowest BCUT2D eigenvalue weighted by Crippen LogP contribution is -2.44. The maximum absolute atomic E-state index is 5.74. The van der Waals surface area contributed by atoms with E-state index in [2.05, 4.69) is 58.2 Å². The molecule has 2 aromatic rings. The van der Waals surface area contributed by atoms with Crippen molar-refractivity contribution in [2.45, 2.75) is 45.2 Å². The first kappa shape index (κ1) is 17.8. The minimum Gasteiger partial charge on any atom is -0.465 e. The minimum absolute atomic E-state index is 0.617. The van der Waals surface area contributed by atoms with Crippen LogP contribution in [0.25, 0.3) is 0 Å². The molecule has 0 spiro atoms. The Morgan fingerprint density at radius 1 is 1.08 bits per heavy atom. The highest BCUT2D eigenvalue weighted by Gasteiger charge is 2.35. The van der Waals surface area contributed by atoms with Crippen LogP contribution >= 0.6 is 0 Å². The summed E-state index contributed by atoms with van der Waals surface area (Å²) in [6.07, 6.45) is 5.00. The normalized spacial score (nSPS) is 25.0. The van der Waals surface area contributed by atoms with E-state index < -0.39 is 0 Å². The van der Waals surface area contributed by atoms with Gasteiger partial charge in [0.15, 0.2) is 0 Å². The van der Waals surface area contributed by atoms with Gasteiger partial charge in [0.2, 0.25) is 0 Å². The summed E-state index contributed by atoms with van der Waals surface area (Å²) in [5.41, 5.74) is 8.48. The van der Waals surface area contributed by atoms with Crippen molar-refractivity contribution in [3.05, 3.63) is 59.5 Å². The Morgan fingerprint density at radius 3 is 2.62 bits per heavy atom. The molecule has 2 aliphatic heterocycles. The first-order valence-corrected chi connectivity index (χ1v) is 10.1. The number of rotatable bonds is 6. The van der Waals surface area contributed by atoms with Crippen LogP contribution in [0.15, 0.2) is 46.9 Å². The van der Waals surface area contributed by atoms with Crippen molar-refractivity contribution in [3.63, 3.8) is 0 Å². The molecule has 1 aromatic carbocycles. The number of hydrazine groups is 1. The van der Waals surface area contributed by atoms with Crippen molar-refractivity contribution in [1.29, 1.82) is 0 Å². The lowest BCUT2D eigenvalue weighted by atomic mass is 9.81. The van der Waals surface area contributed by atoms with E-state index in [0.717, 1.165) is 36.4 Å². The van der Waals surface area contributed by atoms with Crippen molar-refractivity contribution in [2.24, 2.45) is 11.8 Å². The van der Waals surface area contributed by atoms with Crippen LogP contribution in [0, 0.1) is 18.8 Å². The lowest BCUT2D eigenvalue weighted by molar-refractivity contribution is 0.135. The predicted molar refractivity (Wildman–Crippen MR) is 105 cm³/mol. The molecule has 0 saturated carbocycles. The second kappa shape index (κ2) is 8.38. The molecular weight excluding hydrogens is 322 g/mol. The van der Waals surface area contributed by atoms with Gasteiger partial charge in [-0.15, -0.1) is 0 Å².